The highest BCUT2D eigenvalue weighted by Gasteiger charge is 2.04. The normalized spacial score (nSPS) is 10.3. The number of thiocarbonyl (C=S) groups is 1. The quantitative estimate of drug-likeness (QED) is 0.513. The number of hydrogen-bond donors (Lipinski definition) is 2. The minimum Gasteiger partial charge on any atom is -0.494 e. The number of nitrogens with two attached hydrogens (primary N) is 1. The molecule has 0 fully saturated rings. The fourth-order valence-corrected chi connectivity index (χ4v) is 2.24. The van der Waals surface area contributed by atoms with Crippen LogP contribution < -0.4 is 20.5 Å². The van der Waals surface area contributed by atoms with E-state index in [1.54, 1.807) is 0 Å². The molecule has 3 N–H and O–H groups in total. The molecule has 0 radical (unpaired) electrons. The molecule has 25 heavy (non-hydrogen) atoms. The van der Waals surface area contributed by atoms with E-state index in [9.17, 15) is 8.78 Å². The van der Waals surface area contributed by atoms with Gasteiger partial charge in [0.15, 0.2) is 16.7 Å². The molecule has 2 rings (SSSR count). The standard InChI is InChI=1S/C18H20F2N2O2S/c19-13-4-9-17(16(20)12-13)24-11-3-1-2-10-23-15-7-5-14(6-8-15)22-18(21)25/h4-9,12H,1-3,10-11H2,(H3,21,22,25). The lowest BCUT2D eigenvalue weighted by Gasteiger charge is -2.09. The lowest BCUT2D eigenvalue weighted by Crippen LogP contribution is -2.18. The van der Waals surface area contributed by atoms with Gasteiger partial charge in [-0.05, 0) is 67.9 Å². The summed E-state index contributed by atoms with van der Waals surface area (Å²) in [6.07, 6.45) is 2.49. The molecule has 7 heteroatoms. The number of rotatable bonds is 9. The molecule has 134 valence electrons. The van der Waals surface area contributed by atoms with Crippen molar-refractivity contribution in [3.63, 3.8) is 0 Å². The Morgan fingerprint density at radius 3 is 2.28 bits per heavy atom. The summed E-state index contributed by atoms with van der Waals surface area (Å²) in [5, 5.41) is 3.05. The SMILES string of the molecule is NC(=S)Nc1ccc(OCCCCCOc2ccc(F)cc2F)cc1. The number of halogens is 2. The summed E-state index contributed by atoms with van der Waals surface area (Å²) in [5.74, 6) is -0.463. The lowest BCUT2D eigenvalue weighted by molar-refractivity contribution is 0.272. The van der Waals surface area contributed by atoms with Crippen LogP contribution in [0.15, 0.2) is 42.5 Å². The van der Waals surface area contributed by atoms with E-state index in [2.05, 4.69) is 5.32 Å². The van der Waals surface area contributed by atoms with Crippen LogP contribution >= 0.6 is 12.2 Å². The van der Waals surface area contributed by atoms with Crippen molar-refractivity contribution in [2.45, 2.75) is 19.3 Å². The minimum absolute atomic E-state index is 0.0725. The molecule has 0 aromatic heterocycles. The van der Waals surface area contributed by atoms with Crippen molar-refractivity contribution in [3.05, 3.63) is 54.1 Å². The first kappa shape index (κ1) is 18.9. The second-order valence-electron chi connectivity index (χ2n) is 5.35. The third-order valence-electron chi connectivity index (χ3n) is 3.33. The fourth-order valence-electron chi connectivity index (χ4n) is 2.12. The first-order chi connectivity index (χ1) is 12.0. The van der Waals surface area contributed by atoms with Crippen LogP contribution in [0.2, 0.25) is 0 Å². The van der Waals surface area contributed by atoms with E-state index >= 15 is 0 Å². The molecule has 0 aliphatic carbocycles. The Hall–Kier alpha value is -2.41. The third-order valence-corrected chi connectivity index (χ3v) is 3.43. The van der Waals surface area contributed by atoms with Crippen LogP contribution in [-0.4, -0.2) is 18.3 Å². The monoisotopic (exact) mass is 366 g/mol. The van der Waals surface area contributed by atoms with E-state index in [1.165, 1.54) is 12.1 Å². The summed E-state index contributed by atoms with van der Waals surface area (Å²) < 4.78 is 37.1. The van der Waals surface area contributed by atoms with E-state index in [0.29, 0.717) is 13.2 Å². The number of benzene rings is 2. The fraction of sp³-hybridized carbons (Fsp3) is 0.278. The highest BCUT2D eigenvalue weighted by atomic mass is 32.1. The van der Waals surface area contributed by atoms with Crippen molar-refractivity contribution in [1.29, 1.82) is 0 Å². The maximum absolute atomic E-state index is 13.4. The molecule has 0 unspecified atom stereocenters. The van der Waals surface area contributed by atoms with Crippen molar-refractivity contribution in [1.82, 2.24) is 0 Å². The summed E-state index contributed by atoms with van der Waals surface area (Å²) >= 11 is 4.76. The molecule has 0 atom stereocenters. The molecule has 0 spiro atoms. The largest absolute Gasteiger partial charge is 0.494 e. The molecule has 0 bridgehead atoms. The van der Waals surface area contributed by atoms with Gasteiger partial charge in [-0.3, -0.25) is 0 Å². The predicted molar refractivity (Wildman–Crippen MR) is 98.0 cm³/mol. The van der Waals surface area contributed by atoms with Crippen molar-refractivity contribution >= 4 is 23.0 Å². The highest BCUT2D eigenvalue weighted by molar-refractivity contribution is 7.80. The topological polar surface area (TPSA) is 56.5 Å². The predicted octanol–water partition coefficient (Wildman–Crippen LogP) is 4.25. The van der Waals surface area contributed by atoms with Gasteiger partial charge in [-0.1, -0.05) is 0 Å². The van der Waals surface area contributed by atoms with E-state index < -0.39 is 11.6 Å². The van der Waals surface area contributed by atoms with Gasteiger partial charge in [-0.25, -0.2) is 8.78 Å². The molecule has 2 aromatic carbocycles. The van der Waals surface area contributed by atoms with E-state index in [4.69, 9.17) is 27.4 Å². The third kappa shape index (κ3) is 6.93. The maximum atomic E-state index is 13.4. The molecular formula is C18H20F2N2O2S. The highest BCUT2D eigenvalue weighted by Crippen LogP contribution is 2.18. The summed E-state index contributed by atoms with van der Waals surface area (Å²) in [7, 11) is 0. The lowest BCUT2D eigenvalue weighted by atomic mass is 10.2. The second kappa shape index (κ2) is 9.78. The molecule has 0 amide bonds. The molecular weight excluding hydrogens is 346 g/mol. The molecule has 2 aromatic rings. The number of nitrogens with one attached hydrogen (secondary N) is 1. The molecule has 0 aliphatic heterocycles. The van der Waals surface area contributed by atoms with Crippen molar-refractivity contribution in [3.8, 4) is 11.5 Å². The molecule has 0 saturated heterocycles. The van der Waals surface area contributed by atoms with Crippen molar-refractivity contribution in [2.75, 3.05) is 18.5 Å². The van der Waals surface area contributed by atoms with Crippen LogP contribution in [0.5, 0.6) is 11.5 Å². The molecule has 0 aliphatic rings. The Bertz CT molecular complexity index is 696. The van der Waals surface area contributed by atoms with Gasteiger partial charge in [0.1, 0.15) is 11.6 Å². The number of hydrogen-bond acceptors (Lipinski definition) is 3. The number of ether oxygens (including phenoxy) is 2. The molecule has 4 nitrogen and oxygen atoms in total. The van der Waals surface area contributed by atoms with Crippen LogP contribution in [0, 0.1) is 11.6 Å². The zero-order chi connectivity index (χ0) is 18.1. The van der Waals surface area contributed by atoms with Gasteiger partial charge < -0.3 is 20.5 Å². The van der Waals surface area contributed by atoms with Crippen molar-refractivity contribution < 1.29 is 18.3 Å². The Morgan fingerprint density at radius 1 is 0.960 bits per heavy atom. The van der Waals surface area contributed by atoms with Gasteiger partial charge >= 0.3 is 0 Å². The maximum Gasteiger partial charge on any atom is 0.168 e. The van der Waals surface area contributed by atoms with Gasteiger partial charge in [0.2, 0.25) is 0 Å². The zero-order valence-corrected chi connectivity index (χ0v) is 14.5. The van der Waals surface area contributed by atoms with Gasteiger partial charge in [-0.15, -0.1) is 0 Å². The molecule has 0 heterocycles. The van der Waals surface area contributed by atoms with Crippen molar-refractivity contribution in [2.24, 2.45) is 5.73 Å². The van der Waals surface area contributed by atoms with E-state index in [-0.39, 0.29) is 10.9 Å². The Kier molecular flexibility index (Phi) is 7.40. The van der Waals surface area contributed by atoms with Crippen LogP contribution in [-0.2, 0) is 0 Å². The summed E-state index contributed by atoms with van der Waals surface area (Å²) in [6, 6.07) is 10.6. The van der Waals surface area contributed by atoms with E-state index in [0.717, 1.165) is 36.8 Å². The first-order valence-electron chi connectivity index (χ1n) is 7.92. The summed E-state index contributed by atoms with van der Waals surface area (Å²) in [6.45, 7) is 0.953. The smallest absolute Gasteiger partial charge is 0.168 e. The summed E-state index contributed by atoms with van der Waals surface area (Å²) in [5.41, 5.74) is 6.20. The first-order valence-corrected chi connectivity index (χ1v) is 8.32. The average Bonchev–Trinajstić information content (AvgIpc) is 2.56. The minimum atomic E-state index is -0.684. The number of unbranched alkanes of at least 4 members (excludes halogenated alkanes) is 2. The van der Waals surface area contributed by atoms with Gasteiger partial charge in [-0.2, -0.15) is 0 Å². The van der Waals surface area contributed by atoms with Gasteiger partial charge in [0.25, 0.3) is 0 Å². The molecule has 0 saturated carbocycles. The zero-order valence-electron chi connectivity index (χ0n) is 13.6. The van der Waals surface area contributed by atoms with Gasteiger partial charge in [0, 0.05) is 11.8 Å². The Morgan fingerprint density at radius 2 is 1.64 bits per heavy atom. The van der Waals surface area contributed by atoms with Gasteiger partial charge in [0.05, 0.1) is 13.2 Å². The van der Waals surface area contributed by atoms with Crippen LogP contribution in [0.4, 0.5) is 14.5 Å². The van der Waals surface area contributed by atoms with Crippen LogP contribution in [0.1, 0.15) is 19.3 Å². The second-order valence-corrected chi connectivity index (χ2v) is 5.79. The van der Waals surface area contributed by atoms with E-state index in [1.807, 2.05) is 24.3 Å². The number of anilines is 1. The average molecular weight is 366 g/mol. The Balaban J connectivity index is 1.58. The van der Waals surface area contributed by atoms with Crippen LogP contribution in [0.3, 0.4) is 0 Å². The Labute approximate surface area is 150 Å². The van der Waals surface area contributed by atoms with Crippen LogP contribution in [0.25, 0.3) is 0 Å². The summed E-state index contributed by atoms with van der Waals surface area (Å²) in [4.78, 5) is 0.